The fourth-order valence-electron chi connectivity index (χ4n) is 3.06. The van der Waals surface area contributed by atoms with Crippen molar-refractivity contribution in [2.45, 2.75) is 64.3 Å². The van der Waals surface area contributed by atoms with Crippen molar-refractivity contribution in [3.05, 3.63) is 0 Å². The highest BCUT2D eigenvalue weighted by molar-refractivity contribution is 15.0. The van der Waals surface area contributed by atoms with Crippen LogP contribution < -0.4 is 5.32 Å². The molecule has 0 saturated carbocycles. The summed E-state index contributed by atoms with van der Waals surface area (Å²) >= 11 is 4.24. The lowest BCUT2D eigenvalue weighted by Crippen LogP contribution is -2.43. The Morgan fingerprint density at radius 2 is 1.16 bits per heavy atom. The average molecular weight is 937 g/mol. The van der Waals surface area contributed by atoms with Gasteiger partial charge in [-0.05, 0) is 59.5 Å². The van der Waals surface area contributed by atoms with Gasteiger partial charge in [0, 0.05) is 78.8 Å². The fraction of sp³-hybridized carbons (Fsp3) is 0.947. The summed E-state index contributed by atoms with van der Waals surface area (Å²) < 4.78 is 58.1. The van der Waals surface area contributed by atoms with E-state index in [4.69, 9.17) is 22.8 Å². The van der Waals surface area contributed by atoms with Crippen LogP contribution in [0.25, 0.3) is 0 Å². The molecule has 1 N–H and O–H groups in total. The molecular weight excluding hydrogens is 894 g/mol. The van der Waals surface area contributed by atoms with E-state index in [1.807, 2.05) is 20.8 Å². The Balaban J connectivity index is -0.000000594. The highest BCUT2D eigenvalue weighted by Gasteiger charge is 2.33. The van der Waals surface area contributed by atoms with Gasteiger partial charge in [0.2, 0.25) is 0 Å². The zero-order valence-corrected chi connectivity index (χ0v) is 31.6. The molecule has 12 nitrogen and oxygen atoms in total. The second-order valence-electron chi connectivity index (χ2n) is 8.45. The number of halogens is 4. The van der Waals surface area contributed by atoms with Gasteiger partial charge in [0.25, 0.3) is 0 Å². The van der Waals surface area contributed by atoms with Gasteiger partial charge in [0.1, 0.15) is 5.60 Å². The Morgan fingerprint density at radius 1 is 0.811 bits per heavy atom. The average Bonchev–Trinajstić information content (AvgIpc) is 2.85. The number of phosphoric ester groups is 2. The maximum atomic E-state index is 11.9. The minimum absolute atomic E-state index is 0. The Labute approximate surface area is 268 Å². The standard InChI is InChI=1S/C12H24NO6P.C7H16NO4P.ClH.I2.HI/c1-12(2,3)18-11(14)13-8-6-10(7-9-13)19-20(15,16-4)17-5;1-10-13(9,11-2)12-7-3-5-8-6-4-7;;1-2;/h10H,6-9H2,1-5H3;7-8H,3-6H2,1-2H3;1H;;1H. The monoisotopic (exact) mass is 936 g/mol. The van der Waals surface area contributed by atoms with Gasteiger partial charge in [0.15, 0.2) is 0 Å². The summed E-state index contributed by atoms with van der Waals surface area (Å²) in [6, 6.07) is 0. The summed E-state index contributed by atoms with van der Waals surface area (Å²) in [5, 5.41) is 3.19. The fourth-order valence-corrected chi connectivity index (χ4v) is 4.85. The van der Waals surface area contributed by atoms with Crippen LogP contribution in [0.15, 0.2) is 0 Å². The minimum Gasteiger partial charge on any atom is -0.444 e. The largest absolute Gasteiger partial charge is 0.474 e. The summed E-state index contributed by atoms with van der Waals surface area (Å²) in [7, 11) is -1.53. The van der Waals surface area contributed by atoms with Crippen molar-refractivity contribution >= 4 is 95.4 Å². The SMILES string of the molecule is COP(=O)(OC)OC1CCN(C(=O)OC(C)(C)C)CC1.COP(=O)(OC)OC1CCNCC1.Cl.I.II. The van der Waals surface area contributed by atoms with Gasteiger partial charge in [0.05, 0.1) is 12.2 Å². The van der Waals surface area contributed by atoms with E-state index in [0.29, 0.717) is 25.9 Å². The van der Waals surface area contributed by atoms with Crippen LogP contribution >= 0.6 is 89.3 Å². The molecule has 37 heavy (non-hydrogen) atoms. The van der Waals surface area contributed by atoms with Gasteiger partial charge in [-0.15, -0.1) is 36.4 Å². The predicted octanol–water partition coefficient (Wildman–Crippen LogP) is 6.77. The number of nitrogens with zero attached hydrogens (tertiary/aromatic N) is 1. The Morgan fingerprint density at radius 3 is 1.49 bits per heavy atom. The Hall–Kier alpha value is 1.93. The third-order valence-corrected chi connectivity index (χ3v) is 7.73. The summed E-state index contributed by atoms with van der Waals surface area (Å²) in [5.74, 6) is 0. The number of hydrogen-bond donors (Lipinski definition) is 1. The Kier molecular flexibility index (Phi) is 26.4. The molecule has 0 radical (unpaired) electrons. The van der Waals surface area contributed by atoms with Crippen molar-refractivity contribution in [3.63, 3.8) is 0 Å². The normalized spacial score (nSPS) is 17.2. The first kappa shape index (κ1) is 43.4. The van der Waals surface area contributed by atoms with Gasteiger partial charge in [-0.1, -0.05) is 0 Å². The first-order valence-corrected chi connectivity index (χ1v) is 20.2. The number of carbonyl (C=O) groups excluding carboxylic acids is 1. The highest BCUT2D eigenvalue weighted by atomic mass is 128. The molecule has 0 aromatic carbocycles. The van der Waals surface area contributed by atoms with E-state index in [1.165, 1.54) is 28.4 Å². The van der Waals surface area contributed by atoms with Crippen molar-refractivity contribution in [2.24, 2.45) is 0 Å². The topological polar surface area (TPSA) is 131 Å². The van der Waals surface area contributed by atoms with Gasteiger partial charge in [-0.2, -0.15) is 0 Å². The predicted molar refractivity (Wildman–Crippen MR) is 173 cm³/mol. The smallest absolute Gasteiger partial charge is 0.444 e. The number of hydrogen-bond acceptors (Lipinski definition) is 11. The third kappa shape index (κ3) is 18.9. The number of phosphoric acid groups is 2. The van der Waals surface area contributed by atoms with Crippen molar-refractivity contribution in [1.29, 1.82) is 0 Å². The summed E-state index contributed by atoms with van der Waals surface area (Å²) in [6.45, 7) is 8.24. The van der Waals surface area contributed by atoms with Crippen molar-refractivity contribution in [1.82, 2.24) is 10.2 Å². The quantitative estimate of drug-likeness (QED) is 0.205. The second kappa shape index (κ2) is 22.5. The zero-order chi connectivity index (χ0) is 27.1. The summed E-state index contributed by atoms with van der Waals surface area (Å²) in [5.41, 5.74) is -0.508. The molecule has 226 valence electrons. The lowest BCUT2D eigenvalue weighted by molar-refractivity contribution is 0.00835. The van der Waals surface area contributed by atoms with E-state index in [1.54, 1.807) is 4.90 Å². The summed E-state index contributed by atoms with van der Waals surface area (Å²) in [6.07, 6.45) is 2.21. The highest BCUT2D eigenvalue weighted by Crippen LogP contribution is 2.50. The molecule has 0 aromatic rings. The van der Waals surface area contributed by atoms with Crippen LogP contribution in [0.1, 0.15) is 46.5 Å². The van der Waals surface area contributed by atoms with Gasteiger partial charge in [-0.25, -0.2) is 13.9 Å². The molecule has 2 rings (SSSR count). The molecule has 0 atom stereocenters. The number of piperidine rings is 2. The molecular formula is C19H42ClI3N2O10P2. The van der Waals surface area contributed by atoms with Crippen LogP contribution in [0.4, 0.5) is 4.79 Å². The van der Waals surface area contributed by atoms with Crippen LogP contribution in [0, 0.1) is 0 Å². The number of likely N-dealkylation sites (tertiary alicyclic amines) is 1. The molecule has 2 saturated heterocycles. The molecule has 1 amide bonds. The third-order valence-electron chi connectivity index (χ3n) is 4.83. The molecule has 0 aromatic heterocycles. The van der Waals surface area contributed by atoms with Gasteiger partial charge >= 0.3 is 21.7 Å². The van der Waals surface area contributed by atoms with Crippen molar-refractivity contribution < 1.29 is 45.8 Å². The van der Waals surface area contributed by atoms with E-state index >= 15 is 0 Å². The second-order valence-corrected chi connectivity index (χ2v) is 12.1. The van der Waals surface area contributed by atoms with E-state index in [-0.39, 0.29) is 54.7 Å². The molecule has 0 unspecified atom stereocenters. The van der Waals surface area contributed by atoms with Crippen LogP contribution in [-0.2, 0) is 41.0 Å². The van der Waals surface area contributed by atoms with Crippen LogP contribution in [0.2, 0.25) is 0 Å². The summed E-state index contributed by atoms with van der Waals surface area (Å²) in [4.78, 5) is 13.5. The molecule has 0 spiro atoms. The van der Waals surface area contributed by atoms with Crippen LogP contribution in [-0.4, -0.2) is 83.4 Å². The number of ether oxygens (including phenoxy) is 1. The van der Waals surface area contributed by atoms with Crippen molar-refractivity contribution in [3.8, 4) is 0 Å². The van der Waals surface area contributed by atoms with E-state index in [2.05, 4.69) is 51.6 Å². The number of carbonyl (C=O) groups is 1. The number of rotatable bonds is 8. The van der Waals surface area contributed by atoms with Crippen LogP contribution in [0.3, 0.4) is 0 Å². The lowest BCUT2D eigenvalue weighted by Gasteiger charge is -2.33. The van der Waals surface area contributed by atoms with Gasteiger partial charge in [-0.3, -0.25) is 27.1 Å². The first-order chi connectivity index (χ1) is 16.4. The zero-order valence-electron chi connectivity index (χ0n) is 22.3. The number of amides is 1. The van der Waals surface area contributed by atoms with Crippen molar-refractivity contribution in [2.75, 3.05) is 54.6 Å². The van der Waals surface area contributed by atoms with E-state index < -0.39 is 21.2 Å². The number of nitrogens with one attached hydrogen (secondary N) is 1. The maximum Gasteiger partial charge on any atom is 0.474 e. The van der Waals surface area contributed by atoms with E-state index in [9.17, 15) is 13.9 Å². The first-order valence-electron chi connectivity index (χ1n) is 11.0. The maximum absolute atomic E-state index is 11.9. The van der Waals surface area contributed by atoms with Gasteiger partial charge < -0.3 is 15.0 Å². The lowest BCUT2D eigenvalue weighted by atomic mass is 10.1. The minimum atomic E-state index is -3.46. The molecule has 18 heteroatoms. The molecule has 2 aliphatic heterocycles. The molecule has 2 aliphatic rings. The van der Waals surface area contributed by atoms with E-state index in [0.717, 1.165) is 25.9 Å². The Bertz CT molecular complexity index is 680. The van der Waals surface area contributed by atoms with Crippen LogP contribution in [0.5, 0.6) is 0 Å². The molecule has 0 bridgehead atoms. The molecule has 2 fully saturated rings. The molecule has 2 heterocycles. The molecule has 0 aliphatic carbocycles.